The maximum Gasteiger partial charge on any atom is 0.315 e. The lowest BCUT2D eigenvalue weighted by Gasteiger charge is -2.27. The smallest absolute Gasteiger partial charge is 0.315 e. The highest BCUT2D eigenvalue weighted by molar-refractivity contribution is 5.86. The number of amides is 1. The molecule has 1 amide bonds. The van der Waals surface area contributed by atoms with Crippen molar-refractivity contribution < 1.29 is 14.7 Å². The molecule has 2 rings (SSSR count). The van der Waals surface area contributed by atoms with Gasteiger partial charge in [-0.15, -0.1) is 0 Å². The number of carboxylic acid groups (broad SMARTS) is 1. The molecule has 2 aromatic rings. The van der Waals surface area contributed by atoms with Crippen LogP contribution >= 0.6 is 0 Å². The Labute approximate surface area is 142 Å². The largest absolute Gasteiger partial charge is 0.481 e. The molecule has 126 valence electrons. The van der Waals surface area contributed by atoms with Crippen LogP contribution in [-0.2, 0) is 15.0 Å². The molecule has 0 spiro atoms. The van der Waals surface area contributed by atoms with Crippen molar-refractivity contribution in [2.24, 2.45) is 0 Å². The van der Waals surface area contributed by atoms with Crippen molar-refractivity contribution in [3.8, 4) is 0 Å². The van der Waals surface area contributed by atoms with Crippen LogP contribution in [0.4, 0.5) is 0 Å². The molecule has 2 N–H and O–H groups in total. The van der Waals surface area contributed by atoms with E-state index in [1.54, 1.807) is 31.2 Å². The minimum atomic E-state index is -1.16. The molecule has 0 aliphatic rings. The van der Waals surface area contributed by atoms with E-state index in [9.17, 15) is 14.7 Å². The van der Waals surface area contributed by atoms with E-state index in [0.717, 1.165) is 5.56 Å². The molecule has 4 nitrogen and oxygen atoms in total. The second-order valence-corrected chi connectivity index (χ2v) is 6.09. The van der Waals surface area contributed by atoms with Gasteiger partial charge in [0.25, 0.3) is 0 Å². The Morgan fingerprint density at radius 1 is 1.04 bits per heavy atom. The molecule has 0 saturated carbocycles. The Morgan fingerprint density at radius 3 is 2.08 bits per heavy atom. The zero-order valence-electron chi connectivity index (χ0n) is 14.0. The zero-order chi connectivity index (χ0) is 17.6. The average Bonchev–Trinajstić information content (AvgIpc) is 2.62. The number of carbonyl (C=O) groups excluding carboxylic acids is 1. The highest BCUT2D eigenvalue weighted by Gasteiger charge is 2.36. The number of hydrogen-bond donors (Lipinski definition) is 2. The number of nitrogens with one attached hydrogen (secondary N) is 1. The van der Waals surface area contributed by atoms with E-state index in [0.29, 0.717) is 12.0 Å². The summed E-state index contributed by atoms with van der Waals surface area (Å²) in [5, 5.41) is 12.5. The van der Waals surface area contributed by atoms with Crippen LogP contribution in [0.2, 0.25) is 0 Å². The van der Waals surface area contributed by atoms with Gasteiger partial charge < -0.3 is 10.4 Å². The average molecular weight is 325 g/mol. The summed E-state index contributed by atoms with van der Waals surface area (Å²) >= 11 is 0. The van der Waals surface area contributed by atoms with Gasteiger partial charge in [0.15, 0.2) is 0 Å². The van der Waals surface area contributed by atoms with Crippen LogP contribution in [0, 0.1) is 0 Å². The van der Waals surface area contributed by atoms with Gasteiger partial charge in [0, 0.05) is 6.54 Å². The van der Waals surface area contributed by atoms with Crippen molar-refractivity contribution in [2.45, 2.75) is 31.6 Å². The molecule has 24 heavy (non-hydrogen) atoms. The van der Waals surface area contributed by atoms with Gasteiger partial charge in [-0.25, -0.2) is 0 Å². The Hall–Kier alpha value is -2.62. The van der Waals surface area contributed by atoms with Crippen LogP contribution in [0.15, 0.2) is 60.7 Å². The fourth-order valence-electron chi connectivity index (χ4n) is 2.75. The summed E-state index contributed by atoms with van der Waals surface area (Å²) < 4.78 is 0. The number of benzene rings is 2. The third kappa shape index (κ3) is 3.82. The minimum absolute atomic E-state index is 0.0501. The predicted molar refractivity (Wildman–Crippen MR) is 93.9 cm³/mol. The van der Waals surface area contributed by atoms with E-state index in [4.69, 9.17) is 0 Å². The molecule has 0 radical (unpaired) electrons. The van der Waals surface area contributed by atoms with Gasteiger partial charge in [-0.3, -0.25) is 9.59 Å². The molecule has 0 bridgehead atoms. The molecule has 0 saturated heterocycles. The Bertz CT molecular complexity index is 685. The molecule has 0 fully saturated rings. The van der Waals surface area contributed by atoms with E-state index >= 15 is 0 Å². The molecule has 4 heteroatoms. The molecule has 2 unspecified atom stereocenters. The summed E-state index contributed by atoms with van der Waals surface area (Å²) in [6.45, 7) is 3.63. The monoisotopic (exact) mass is 325 g/mol. The van der Waals surface area contributed by atoms with Crippen molar-refractivity contribution in [3.05, 3.63) is 71.8 Å². The summed E-state index contributed by atoms with van der Waals surface area (Å²) in [5.74, 6) is -1.38. The van der Waals surface area contributed by atoms with E-state index < -0.39 is 11.4 Å². The van der Waals surface area contributed by atoms with Crippen molar-refractivity contribution in [1.29, 1.82) is 0 Å². The standard InChI is InChI=1S/C20H23NO3/c1-3-17(15-10-6-4-7-11-15)18(22)21-14-20(2,19(23)24)16-12-8-5-9-13-16/h4-13,17H,3,14H2,1-2H3,(H,21,22)(H,23,24). The molecular weight excluding hydrogens is 302 g/mol. The first kappa shape index (κ1) is 17.7. The number of hydrogen-bond acceptors (Lipinski definition) is 2. The van der Waals surface area contributed by atoms with E-state index in [1.807, 2.05) is 43.3 Å². The first-order valence-electron chi connectivity index (χ1n) is 8.10. The maximum atomic E-state index is 12.6. The zero-order valence-corrected chi connectivity index (χ0v) is 14.0. The quantitative estimate of drug-likeness (QED) is 0.820. The van der Waals surface area contributed by atoms with Gasteiger partial charge in [-0.1, -0.05) is 67.6 Å². The first-order chi connectivity index (χ1) is 11.5. The SMILES string of the molecule is CCC(C(=O)NCC(C)(C(=O)O)c1ccccc1)c1ccccc1. The van der Waals surface area contributed by atoms with Gasteiger partial charge in [0.05, 0.1) is 5.92 Å². The molecule has 2 aromatic carbocycles. The normalized spacial score (nSPS) is 14.4. The van der Waals surface area contributed by atoms with Gasteiger partial charge in [-0.05, 0) is 24.5 Å². The third-order valence-electron chi connectivity index (χ3n) is 4.43. The number of carbonyl (C=O) groups is 2. The first-order valence-corrected chi connectivity index (χ1v) is 8.10. The van der Waals surface area contributed by atoms with Crippen LogP contribution < -0.4 is 5.32 Å². The van der Waals surface area contributed by atoms with Crippen LogP contribution in [0.25, 0.3) is 0 Å². The maximum absolute atomic E-state index is 12.6. The van der Waals surface area contributed by atoms with Gasteiger partial charge in [-0.2, -0.15) is 0 Å². The summed E-state index contributed by atoms with van der Waals surface area (Å²) in [7, 11) is 0. The highest BCUT2D eigenvalue weighted by Crippen LogP contribution is 2.24. The number of carboxylic acids is 1. The topological polar surface area (TPSA) is 66.4 Å². The summed E-state index contributed by atoms with van der Waals surface area (Å²) in [6, 6.07) is 18.5. The molecule has 2 atom stereocenters. The van der Waals surface area contributed by atoms with Crippen LogP contribution in [-0.4, -0.2) is 23.5 Å². The molecule has 0 aliphatic carbocycles. The Balaban J connectivity index is 2.14. The molecular formula is C20H23NO3. The second-order valence-electron chi connectivity index (χ2n) is 6.09. The van der Waals surface area contributed by atoms with E-state index in [1.165, 1.54) is 0 Å². The lowest BCUT2D eigenvalue weighted by Crippen LogP contribution is -2.45. The Morgan fingerprint density at radius 2 is 1.58 bits per heavy atom. The minimum Gasteiger partial charge on any atom is -0.481 e. The predicted octanol–water partition coefficient (Wildman–Crippen LogP) is 3.34. The van der Waals surface area contributed by atoms with E-state index in [2.05, 4.69) is 5.32 Å². The second kappa shape index (κ2) is 7.77. The lowest BCUT2D eigenvalue weighted by atomic mass is 9.82. The van der Waals surface area contributed by atoms with Crippen LogP contribution in [0.5, 0.6) is 0 Å². The number of aliphatic carboxylic acids is 1. The highest BCUT2D eigenvalue weighted by atomic mass is 16.4. The summed E-state index contributed by atoms with van der Waals surface area (Å²) in [5.41, 5.74) is 0.450. The van der Waals surface area contributed by atoms with Gasteiger partial charge in [0.2, 0.25) is 5.91 Å². The third-order valence-corrected chi connectivity index (χ3v) is 4.43. The van der Waals surface area contributed by atoms with Crippen molar-refractivity contribution in [3.63, 3.8) is 0 Å². The van der Waals surface area contributed by atoms with Crippen molar-refractivity contribution in [1.82, 2.24) is 5.32 Å². The fourth-order valence-corrected chi connectivity index (χ4v) is 2.75. The fraction of sp³-hybridized carbons (Fsp3) is 0.300. The van der Waals surface area contributed by atoms with Crippen molar-refractivity contribution >= 4 is 11.9 Å². The molecule has 0 aliphatic heterocycles. The van der Waals surface area contributed by atoms with Crippen molar-refractivity contribution in [2.75, 3.05) is 6.54 Å². The summed E-state index contributed by atoms with van der Waals surface area (Å²) in [6.07, 6.45) is 0.658. The van der Waals surface area contributed by atoms with Gasteiger partial charge in [0.1, 0.15) is 5.41 Å². The van der Waals surface area contributed by atoms with Gasteiger partial charge >= 0.3 is 5.97 Å². The Kier molecular flexibility index (Phi) is 5.74. The van der Waals surface area contributed by atoms with E-state index in [-0.39, 0.29) is 18.4 Å². The lowest BCUT2D eigenvalue weighted by molar-refractivity contribution is -0.143. The molecule has 0 aromatic heterocycles. The number of rotatable bonds is 7. The van der Waals surface area contributed by atoms with Crippen LogP contribution in [0.1, 0.15) is 37.3 Å². The van der Waals surface area contributed by atoms with Crippen LogP contribution in [0.3, 0.4) is 0 Å². The summed E-state index contributed by atoms with van der Waals surface area (Å²) in [4.78, 5) is 24.4. The molecule has 0 heterocycles.